The zero-order chi connectivity index (χ0) is 23.1. The molecule has 0 spiro atoms. The summed E-state index contributed by atoms with van der Waals surface area (Å²) in [6.45, 7) is 2.29. The van der Waals surface area contributed by atoms with Crippen LogP contribution in [0.2, 0.25) is 0 Å². The molecule has 14 heteroatoms. The highest BCUT2D eigenvalue weighted by Crippen LogP contribution is 2.36. The number of fused-ring (bicyclic) bond motifs is 2. The van der Waals surface area contributed by atoms with Gasteiger partial charge >= 0.3 is 13.5 Å². The summed E-state index contributed by atoms with van der Waals surface area (Å²) in [6, 6.07) is 3.41. The lowest BCUT2D eigenvalue weighted by molar-refractivity contribution is -0.0793. The third-order valence-corrected chi connectivity index (χ3v) is 5.28. The lowest BCUT2D eigenvalue weighted by Gasteiger charge is -2.25. The summed E-state index contributed by atoms with van der Waals surface area (Å²) in [7, 11) is -4.89. The predicted octanol–water partition coefficient (Wildman–Crippen LogP) is -1.61. The summed E-state index contributed by atoms with van der Waals surface area (Å²) in [5.41, 5.74) is 0.618. The smallest absolute Gasteiger partial charge is 0.388 e. The highest BCUT2D eigenvalue weighted by Gasteiger charge is 2.29. The van der Waals surface area contributed by atoms with E-state index in [9.17, 15) is 29.5 Å². The largest absolute Gasteiger partial charge is 0.469 e. The molecule has 0 saturated heterocycles. The first-order chi connectivity index (χ1) is 14.4. The molecule has 168 valence electrons. The SMILES string of the molecule is Cc1cc2nc3c(=O)[nH]c(=O)nc-3n(C[C@@H](O)[C@@H](O)[C@@H](O)COP(=O)(O)O)c2cc1C. The van der Waals surface area contributed by atoms with Gasteiger partial charge in [0.05, 0.1) is 24.2 Å². The van der Waals surface area contributed by atoms with Gasteiger partial charge in [-0.05, 0) is 37.1 Å². The molecule has 0 aromatic heterocycles. The minimum absolute atomic E-state index is 0.142. The molecule has 13 nitrogen and oxygen atoms in total. The average Bonchev–Trinajstić information content (AvgIpc) is 2.67. The Morgan fingerprint density at radius 2 is 1.74 bits per heavy atom. The maximum Gasteiger partial charge on any atom is 0.469 e. The van der Waals surface area contributed by atoms with Crippen molar-refractivity contribution in [3.63, 3.8) is 0 Å². The number of benzene rings is 1. The number of hydrogen-bond donors (Lipinski definition) is 6. The van der Waals surface area contributed by atoms with E-state index in [4.69, 9.17) is 9.79 Å². The number of aromatic nitrogens is 4. The lowest BCUT2D eigenvalue weighted by Crippen LogP contribution is -2.42. The van der Waals surface area contributed by atoms with E-state index in [2.05, 4.69) is 14.5 Å². The second-order valence-electron chi connectivity index (χ2n) is 7.10. The van der Waals surface area contributed by atoms with Crippen molar-refractivity contribution >= 4 is 18.9 Å². The molecule has 1 aromatic rings. The molecule has 1 aromatic carbocycles. The Morgan fingerprint density at radius 3 is 2.39 bits per heavy atom. The van der Waals surface area contributed by atoms with E-state index in [0.717, 1.165) is 11.1 Å². The van der Waals surface area contributed by atoms with Crippen LogP contribution in [-0.2, 0) is 15.6 Å². The highest BCUT2D eigenvalue weighted by atomic mass is 31.2. The minimum atomic E-state index is -4.89. The standard InChI is InChI=1S/C17H21N4O9P/c1-7-3-9-10(4-8(7)2)21(15-13(18-9)16(25)20-17(26)19-15)5-11(22)14(24)12(23)6-30-31(27,28)29/h3-4,11-12,14,22-24H,5-6H2,1-2H3,(H,20,25,26)(H2,27,28,29)/t11-,12+,14-/m1/s1. The number of aromatic amines is 1. The van der Waals surface area contributed by atoms with Gasteiger partial charge in [-0.1, -0.05) is 0 Å². The van der Waals surface area contributed by atoms with Gasteiger partial charge in [0.25, 0.3) is 5.56 Å². The number of aliphatic hydroxyl groups excluding tert-OH is 3. The molecule has 3 atom stereocenters. The van der Waals surface area contributed by atoms with Crippen LogP contribution in [0.4, 0.5) is 0 Å². The third-order valence-electron chi connectivity index (χ3n) is 4.80. The molecule has 0 amide bonds. The van der Waals surface area contributed by atoms with E-state index in [0.29, 0.717) is 11.0 Å². The lowest BCUT2D eigenvalue weighted by atomic mass is 10.1. The Hall–Kier alpha value is -2.51. The number of nitrogens with zero attached hydrogens (tertiary/aromatic N) is 3. The molecule has 0 unspecified atom stereocenters. The molecule has 6 N–H and O–H groups in total. The van der Waals surface area contributed by atoms with Crippen LogP contribution in [0.3, 0.4) is 0 Å². The van der Waals surface area contributed by atoms with E-state index >= 15 is 0 Å². The normalized spacial score (nSPS) is 15.3. The van der Waals surface area contributed by atoms with Crippen LogP contribution < -0.4 is 11.2 Å². The number of hydrogen-bond acceptors (Lipinski definition) is 9. The Morgan fingerprint density at radius 1 is 1.10 bits per heavy atom. The van der Waals surface area contributed by atoms with Gasteiger partial charge < -0.3 is 29.7 Å². The van der Waals surface area contributed by atoms with Crippen molar-refractivity contribution < 1.29 is 34.2 Å². The summed E-state index contributed by atoms with van der Waals surface area (Å²) >= 11 is 0. The number of phosphoric ester groups is 1. The van der Waals surface area contributed by atoms with Gasteiger partial charge in [0.1, 0.15) is 18.3 Å². The molecule has 0 radical (unpaired) electrons. The summed E-state index contributed by atoms with van der Waals surface area (Å²) in [4.78, 5) is 51.5. The van der Waals surface area contributed by atoms with E-state index in [-0.39, 0.29) is 11.5 Å². The van der Waals surface area contributed by atoms with Gasteiger partial charge in [-0.15, -0.1) is 0 Å². The molecule has 2 heterocycles. The zero-order valence-electron chi connectivity index (χ0n) is 16.5. The molecular formula is C17H21N4O9P. The second kappa shape index (κ2) is 8.55. The van der Waals surface area contributed by atoms with E-state index in [1.54, 1.807) is 12.1 Å². The van der Waals surface area contributed by atoms with Gasteiger partial charge in [0, 0.05) is 0 Å². The fraction of sp³-hybridized carbons (Fsp3) is 0.412. The van der Waals surface area contributed by atoms with Crippen molar-refractivity contribution in [3.8, 4) is 11.5 Å². The van der Waals surface area contributed by atoms with E-state index < -0.39 is 50.5 Å². The van der Waals surface area contributed by atoms with Gasteiger partial charge in [-0.2, -0.15) is 4.98 Å². The number of H-pyrrole nitrogens is 1. The number of aliphatic hydroxyl groups is 3. The summed E-state index contributed by atoms with van der Waals surface area (Å²) < 4.78 is 16.2. The van der Waals surface area contributed by atoms with Crippen molar-refractivity contribution in [2.24, 2.45) is 0 Å². The highest BCUT2D eigenvalue weighted by molar-refractivity contribution is 7.46. The average molecular weight is 456 g/mol. The van der Waals surface area contributed by atoms with Crippen LogP contribution in [-0.4, -0.2) is 69.5 Å². The third kappa shape index (κ3) is 5.05. The minimum Gasteiger partial charge on any atom is -0.388 e. The van der Waals surface area contributed by atoms with Crippen LogP contribution in [0.1, 0.15) is 11.1 Å². The molecular weight excluding hydrogens is 435 g/mol. The van der Waals surface area contributed by atoms with E-state index in [1.807, 2.05) is 18.8 Å². The molecule has 0 saturated carbocycles. The molecule has 31 heavy (non-hydrogen) atoms. The fourth-order valence-corrected chi connectivity index (χ4v) is 3.41. The number of aryl methyl sites for hydroxylation is 2. The van der Waals surface area contributed by atoms with Crippen LogP contribution in [0, 0.1) is 13.8 Å². The molecule has 0 bridgehead atoms. The molecule has 2 aliphatic heterocycles. The second-order valence-corrected chi connectivity index (χ2v) is 8.34. The fourth-order valence-electron chi connectivity index (χ4n) is 3.06. The van der Waals surface area contributed by atoms with Crippen molar-refractivity contribution in [2.45, 2.75) is 38.7 Å². The maximum atomic E-state index is 12.2. The monoisotopic (exact) mass is 456 g/mol. The van der Waals surface area contributed by atoms with Gasteiger partial charge in [0.15, 0.2) is 11.5 Å². The van der Waals surface area contributed by atoms with Crippen LogP contribution in [0.15, 0.2) is 21.7 Å². The number of phosphoric acid groups is 1. The summed E-state index contributed by atoms with van der Waals surface area (Å²) in [6.07, 6.45) is -5.40. The summed E-state index contributed by atoms with van der Waals surface area (Å²) in [5.74, 6) is -0.142. The zero-order valence-corrected chi connectivity index (χ0v) is 17.4. The van der Waals surface area contributed by atoms with Gasteiger partial charge in [-0.3, -0.25) is 14.3 Å². The Kier molecular flexibility index (Phi) is 6.39. The maximum absolute atomic E-state index is 12.2. The van der Waals surface area contributed by atoms with Crippen molar-refractivity contribution in [3.05, 3.63) is 44.1 Å². The quantitative estimate of drug-likeness (QED) is 0.176. The number of rotatable bonds is 7. The summed E-state index contributed by atoms with van der Waals surface area (Å²) in [5, 5.41) is 30.5. The van der Waals surface area contributed by atoms with Crippen LogP contribution in [0.25, 0.3) is 22.6 Å². The first-order valence-corrected chi connectivity index (χ1v) is 10.6. The Labute approximate surface area is 174 Å². The van der Waals surface area contributed by atoms with Crippen LogP contribution >= 0.6 is 7.82 Å². The molecule has 0 fully saturated rings. The molecule has 0 aliphatic carbocycles. The van der Waals surface area contributed by atoms with Crippen LogP contribution in [0.5, 0.6) is 0 Å². The first-order valence-electron chi connectivity index (χ1n) is 9.03. The topological polar surface area (TPSA) is 208 Å². The molecule has 3 rings (SSSR count). The number of nitrogens with one attached hydrogen (secondary N) is 1. The van der Waals surface area contributed by atoms with Gasteiger partial charge in [0.2, 0.25) is 0 Å². The van der Waals surface area contributed by atoms with Crippen molar-refractivity contribution in [1.82, 2.24) is 19.5 Å². The van der Waals surface area contributed by atoms with E-state index in [1.165, 1.54) is 4.57 Å². The van der Waals surface area contributed by atoms with Gasteiger partial charge in [-0.25, -0.2) is 14.3 Å². The first kappa shape index (κ1) is 23.2. The Balaban J connectivity index is 2.06. The predicted molar refractivity (Wildman–Crippen MR) is 107 cm³/mol. The van der Waals surface area contributed by atoms with Crippen molar-refractivity contribution in [1.29, 1.82) is 0 Å². The molecule has 2 aliphatic rings. The van der Waals surface area contributed by atoms with Crippen molar-refractivity contribution in [2.75, 3.05) is 6.61 Å². The Bertz CT molecular complexity index is 1250.